The van der Waals surface area contributed by atoms with Gasteiger partial charge in [-0.15, -0.1) is 0 Å². The van der Waals surface area contributed by atoms with Crippen molar-refractivity contribution < 1.29 is 0 Å². The van der Waals surface area contributed by atoms with Crippen molar-refractivity contribution in [3.63, 3.8) is 0 Å². The van der Waals surface area contributed by atoms with Gasteiger partial charge in [0, 0.05) is 0 Å². The molecule has 29 heavy (non-hydrogen) atoms. The van der Waals surface area contributed by atoms with Gasteiger partial charge in [-0.25, -0.2) is 0 Å². The van der Waals surface area contributed by atoms with Crippen LogP contribution in [0.2, 0.25) is 0 Å². The first kappa shape index (κ1) is 20.1. The Kier molecular flexibility index (Phi) is 5.70. The summed E-state index contributed by atoms with van der Waals surface area (Å²) in [6.45, 7) is 8.85. The number of benzene rings is 4. The summed E-state index contributed by atoms with van der Waals surface area (Å²) >= 11 is -3.56. The molecule has 4 aromatic carbocycles. The summed E-state index contributed by atoms with van der Waals surface area (Å²) in [6, 6.07) is 37.0. The van der Waals surface area contributed by atoms with E-state index in [0.29, 0.717) is 0 Å². The third kappa shape index (κ3) is 3.81. The molecule has 0 atom stereocenters. The predicted octanol–water partition coefficient (Wildman–Crippen LogP) is 4.30. The number of hydrogen-bond donors (Lipinski definition) is 0. The van der Waals surface area contributed by atoms with Gasteiger partial charge in [-0.3, -0.25) is 0 Å². The molecule has 0 aliphatic rings. The first-order valence-corrected chi connectivity index (χ1v) is 17.1. The van der Waals surface area contributed by atoms with Crippen molar-refractivity contribution in [3.05, 3.63) is 119 Å². The first-order chi connectivity index (χ1) is 14.0. The average molecular weight is 574 g/mol. The molecule has 4 aromatic rings. The van der Waals surface area contributed by atoms with Gasteiger partial charge in [-0.1, -0.05) is 0 Å². The van der Waals surface area contributed by atoms with Crippen LogP contribution in [0.4, 0.5) is 0 Å². The molecule has 145 valence electrons. The van der Waals surface area contributed by atoms with Gasteiger partial charge in [0.25, 0.3) is 0 Å². The molecule has 0 nitrogen and oxygen atoms in total. The molecular weight excluding hydrogens is 545 g/mol. The van der Waals surface area contributed by atoms with Crippen LogP contribution < -0.4 is 13.1 Å². The molecule has 0 N–H and O–H groups in total. The van der Waals surface area contributed by atoms with Crippen molar-refractivity contribution in [2.75, 3.05) is 0 Å². The average Bonchev–Trinajstić information content (AvgIpc) is 2.69. The van der Waals surface area contributed by atoms with E-state index >= 15 is 0 Å². The monoisotopic (exact) mass is 573 g/mol. The topological polar surface area (TPSA) is 0 Å². The molecule has 0 amide bonds. The minimum absolute atomic E-state index is 1.33. The van der Waals surface area contributed by atoms with E-state index in [4.69, 9.17) is 0 Å². The van der Waals surface area contributed by atoms with Crippen LogP contribution in [-0.4, -0.2) is 20.3 Å². The van der Waals surface area contributed by atoms with Gasteiger partial charge in [-0.05, 0) is 0 Å². The standard InChI is InChI=1S/4C7H7.Bi/c4*1-7-5-3-2-4-6-7;/h4*2-3,5-6H,1H3;. The molecule has 0 spiro atoms. The number of aryl methyl sites for hydroxylation is 4. The summed E-state index contributed by atoms with van der Waals surface area (Å²) < 4.78 is 6.08. The summed E-state index contributed by atoms with van der Waals surface area (Å²) in [5.74, 6) is 0. The fraction of sp³-hybridized carbons (Fsp3) is 0.143. The second-order valence-corrected chi connectivity index (χ2v) is 21.3. The van der Waals surface area contributed by atoms with E-state index in [2.05, 4.69) is 125 Å². The molecule has 0 aliphatic heterocycles. The SMILES string of the molecule is Cc1ccc[c]([Bi]([c]2cccc(C)c2)([c]2cccc(C)c2)[c]2cccc(C)c2)c1. The second-order valence-electron chi connectivity index (χ2n) is 8.03. The van der Waals surface area contributed by atoms with E-state index in [-0.39, 0.29) is 0 Å². The van der Waals surface area contributed by atoms with Gasteiger partial charge >= 0.3 is 180 Å². The Labute approximate surface area is 179 Å². The van der Waals surface area contributed by atoms with Crippen molar-refractivity contribution in [1.29, 1.82) is 0 Å². The van der Waals surface area contributed by atoms with Gasteiger partial charge in [0.05, 0.1) is 0 Å². The van der Waals surface area contributed by atoms with Crippen molar-refractivity contribution >= 4 is 33.4 Å². The van der Waals surface area contributed by atoms with Crippen LogP contribution in [0.1, 0.15) is 22.3 Å². The fourth-order valence-electron chi connectivity index (χ4n) is 4.24. The Hall–Kier alpha value is -2.24. The Bertz CT molecular complexity index is 969. The van der Waals surface area contributed by atoms with Crippen LogP contribution in [0.15, 0.2) is 97.1 Å². The minimum atomic E-state index is -3.56. The van der Waals surface area contributed by atoms with Crippen LogP contribution in [0.3, 0.4) is 0 Å². The molecule has 0 heterocycles. The molecule has 0 bridgehead atoms. The van der Waals surface area contributed by atoms with Crippen LogP contribution >= 0.6 is 0 Å². The van der Waals surface area contributed by atoms with Crippen LogP contribution in [0.25, 0.3) is 0 Å². The van der Waals surface area contributed by atoms with Gasteiger partial charge in [0.2, 0.25) is 0 Å². The van der Waals surface area contributed by atoms with Crippen molar-refractivity contribution in [2.24, 2.45) is 0 Å². The Morgan fingerprint density at radius 2 is 0.621 bits per heavy atom. The molecule has 0 aromatic heterocycles. The quantitative estimate of drug-likeness (QED) is 0.320. The summed E-state index contributed by atoms with van der Waals surface area (Å²) in [5.41, 5.74) is 5.33. The van der Waals surface area contributed by atoms with Gasteiger partial charge in [0.15, 0.2) is 0 Å². The maximum atomic E-state index is 2.44. The Balaban J connectivity index is 2.19. The van der Waals surface area contributed by atoms with Crippen molar-refractivity contribution in [3.8, 4) is 0 Å². The third-order valence-electron chi connectivity index (χ3n) is 5.56. The van der Waals surface area contributed by atoms with Crippen molar-refractivity contribution in [1.82, 2.24) is 0 Å². The number of rotatable bonds is 4. The van der Waals surface area contributed by atoms with Gasteiger partial charge in [0.1, 0.15) is 0 Å². The van der Waals surface area contributed by atoms with Crippen LogP contribution in [0, 0.1) is 27.7 Å². The maximum absolute atomic E-state index is 3.56. The molecule has 0 unspecified atom stereocenters. The van der Waals surface area contributed by atoms with E-state index in [1.54, 1.807) is 0 Å². The van der Waals surface area contributed by atoms with E-state index in [9.17, 15) is 0 Å². The molecule has 1 heteroatoms. The van der Waals surface area contributed by atoms with Gasteiger partial charge < -0.3 is 0 Å². The van der Waals surface area contributed by atoms with Crippen LogP contribution in [-0.2, 0) is 0 Å². The molecule has 0 aliphatic carbocycles. The summed E-state index contributed by atoms with van der Waals surface area (Å²) in [4.78, 5) is 0. The molecule has 0 saturated heterocycles. The Morgan fingerprint density at radius 3 is 0.828 bits per heavy atom. The molecule has 4 rings (SSSR count). The second kappa shape index (κ2) is 8.25. The Morgan fingerprint density at radius 1 is 0.379 bits per heavy atom. The van der Waals surface area contributed by atoms with Gasteiger partial charge in [-0.2, -0.15) is 0 Å². The van der Waals surface area contributed by atoms with E-state index < -0.39 is 20.3 Å². The van der Waals surface area contributed by atoms with Crippen LogP contribution in [0.5, 0.6) is 0 Å². The summed E-state index contributed by atoms with van der Waals surface area (Å²) in [5, 5.41) is 0. The zero-order valence-electron chi connectivity index (χ0n) is 17.7. The predicted molar refractivity (Wildman–Crippen MR) is 129 cm³/mol. The summed E-state index contributed by atoms with van der Waals surface area (Å²) in [7, 11) is 0. The van der Waals surface area contributed by atoms with E-state index in [1.807, 2.05) is 0 Å². The zero-order chi connectivity index (χ0) is 20.4. The van der Waals surface area contributed by atoms with E-state index in [0.717, 1.165) is 0 Å². The van der Waals surface area contributed by atoms with E-state index in [1.165, 1.54) is 35.3 Å². The molecular formula is C28H28Bi. The molecule has 0 saturated carbocycles. The number of hydrogen-bond acceptors (Lipinski definition) is 0. The third-order valence-corrected chi connectivity index (χ3v) is 21.9. The molecule has 0 fully saturated rings. The normalized spacial score (nSPS) is 11.4. The van der Waals surface area contributed by atoms with Crippen molar-refractivity contribution in [2.45, 2.75) is 27.7 Å². The first-order valence-electron chi connectivity index (χ1n) is 10.2. The fourth-order valence-corrected chi connectivity index (χ4v) is 22.2. The molecule has 1 radical (unpaired) electrons. The summed E-state index contributed by atoms with van der Waals surface area (Å²) in [6.07, 6.45) is 0. The zero-order valence-corrected chi connectivity index (χ0v) is 21.2.